The molecule has 0 aliphatic carbocycles. The first-order valence-electron chi connectivity index (χ1n) is 9.93. The van der Waals surface area contributed by atoms with Gasteiger partial charge in [-0.1, -0.05) is 0 Å². The van der Waals surface area contributed by atoms with Crippen molar-refractivity contribution in [1.82, 2.24) is 25.4 Å². The fourth-order valence-electron chi connectivity index (χ4n) is 3.07. The number of aromatic nitrogens is 1. The van der Waals surface area contributed by atoms with E-state index in [0.29, 0.717) is 23.2 Å². The molecule has 1 aliphatic rings. The van der Waals surface area contributed by atoms with E-state index in [1.807, 2.05) is 13.8 Å². The van der Waals surface area contributed by atoms with Crippen molar-refractivity contribution in [2.45, 2.75) is 39.8 Å². The van der Waals surface area contributed by atoms with Crippen LogP contribution in [0.1, 0.15) is 47.2 Å². The third-order valence-electron chi connectivity index (χ3n) is 4.78. The van der Waals surface area contributed by atoms with Gasteiger partial charge in [0.25, 0.3) is 0 Å². The Balaban J connectivity index is 0.00000420. The van der Waals surface area contributed by atoms with Crippen molar-refractivity contribution in [1.29, 1.82) is 0 Å². The van der Waals surface area contributed by atoms with Gasteiger partial charge < -0.3 is 20.3 Å². The summed E-state index contributed by atoms with van der Waals surface area (Å²) in [4.78, 5) is 26.7. The van der Waals surface area contributed by atoms with Crippen LogP contribution in [0.2, 0.25) is 0 Å². The molecule has 10 heteroatoms. The molecule has 8 nitrogen and oxygen atoms in total. The maximum Gasteiger partial charge on any atom is 0.350 e. The molecule has 0 amide bonds. The fourth-order valence-corrected chi connectivity index (χ4v) is 4.03. The maximum atomic E-state index is 12.0. The summed E-state index contributed by atoms with van der Waals surface area (Å²) in [6.45, 7) is 12.8. The van der Waals surface area contributed by atoms with Crippen LogP contribution in [0, 0.1) is 6.92 Å². The fraction of sp³-hybridized carbons (Fsp3) is 0.737. The molecule has 2 heterocycles. The van der Waals surface area contributed by atoms with Crippen LogP contribution in [0.25, 0.3) is 0 Å². The Labute approximate surface area is 195 Å². The Kier molecular flexibility index (Phi) is 11.4. The van der Waals surface area contributed by atoms with Gasteiger partial charge in [-0.25, -0.2) is 9.78 Å². The molecule has 0 spiro atoms. The Morgan fingerprint density at radius 1 is 1.38 bits per heavy atom. The number of hydrogen-bond acceptors (Lipinski definition) is 7. The summed E-state index contributed by atoms with van der Waals surface area (Å²) < 4.78 is 5.11. The van der Waals surface area contributed by atoms with E-state index in [1.54, 1.807) is 6.92 Å². The molecule has 1 aliphatic heterocycles. The Bertz CT molecular complexity index is 684. The summed E-state index contributed by atoms with van der Waals surface area (Å²) in [5.74, 6) is 0.461. The van der Waals surface area contributed by atoms with Gasteiger partial charge in [-0.3, -0.25) is 9.89 Å². The Morgan fingerprint density at radius 2 is 2.10 bits per heavy atom. The molecule has 1 saturated heterocycles. The van der Waals surface area contributed by atoms with Crippen molar-refractivity contribution >= 4 is 47.2 Å². The largest absolute Gasteiger partial charge is 0.462 e. The molecule has 0 aromatic carbocycles. The number of thiazole rings is 1. The highest BCUT2D eigenvalue weighted by atomic mass is 127. The molecule has 2 unspecified atom stereocenters. The summed E-state index contributed by atoms with van der Waals surface area (Å²) in [7, 11) is 4.31. The van der Waals surface area contributed by atoms with E-state index in [1.165, 1.54) is 11.3 Å². The molecule has 1 fully saturated rings. The standard InChI is InChI=1S/C19H34N6O2S.HI/c1-7-20-19(21-11-15-12-24(5)9-10-25(15)6)23-14(4)17-22-13(3)16(28-17)18(26)27-8-2;/h14-15H,7-12H2,1-6H3,(H2,20,21,23);1H. The number of carbonyl (C=O) groups excluding carboxylic acids is 1. The van der Waals surface area contributed by atoms with E-state index in [4.69, 9.17) is 9.73 Å². The average molecular weight is 539 g/mol. The van der Waals surface area contributed by atoms with E-state index in [2.05, 4.69) is 46.4 Å². The predicted molar refractivity (Wildman–Crippen MR) is 130 cm³/mol. The van der Waals surface area contributed by atoms with E-state index in [9.17, 15) is 4.79 Å². The number of nitrogens with one attached hydrogen (secondary N) is 2. The number of piperazine rings is 1. The predicted octanol–water partition coefficient (Wildman–Crippen LogP) is 2.11. The lowest BCUT2D eigenvalue weighted by atomic mass is 10.2. The number of aliphatic imine (C=N–C) groups is 1. The summed E-state index contributed by atoms with van der Waals surface area (Å²) in [6, 6.07) is 0.346. The zero-order chi connectivity index (χ0) is 20.7. The average Bonchev–Trinajstić information content (AvgIpc) is 3.04. The lowest BCUT2D eigenvalue weighted by Crippen LogP contribution is -2.51. The second-order valence-corrected chi connectivity index (χ2v) is 8.20. The normalized spacial score (nSPS) is 19.4. The van der Waals surface area contributed by atoms with Gasteiger partial charge in [0, 0.05) is 32.2 Å². The zero-order valence-electron chi connectivity index (χ0n) is 18.3. The second-order valence-electron chi connectivity index (χ2n) is 7.17. The van der Waals surface area contributed by atoms with Crippen LogP contribution < -0.4 is 10.6 Å². The number of aryl methyl sites for hydroxylation is 1. The highest BCUT2D eigenvalue weighted by Crippen LogP contribution is 2.24. The van der Waals surface area contributed by atoms with Gasteiger partial charge in [0.2, 0.25) is 0 Å². The van der Waals surface area contributed by atoms with Gasteiger partial charge in [0.1, 0.15) is 9.88 Å². The topological polar surface area (TPSA) is 82.1 Å². The van der Waals surface area contributed by atoms with Gasteiger partial charge in [-0.05, 0) is 41.8 Å². The molecule has 29 heavy (non-hydrogen) atoms. The molecular weight excluding hydrogens is 503 g/mol. The molecule has 1 aromatic rings. The van der Waals surface area contributed by atoms with Crippen molar-refractivity contribution in [2.24, 2.45) is 4.99 Å². The number of ether oxygens (including phenoxy) is 1. The van der Waals surface area contributed by atoms with E-state index < -0.39 is 0 Å². The molecule has 2 rings (SSSR count). The Morgan fingerprint density at radius 3 is 2.76 bits per heavy atom. The molecule has 1 aromatic heterocycles. The third kappa shape index (κ3) is 7.65. The van der Waals surface area contributed by atoms with Crippen molar-refractivity contribution in [2.75, 3.05) is 53.4 Å². The van der Waals surface area contributed by atoms with Crippen molar-refractivity contribution in [3.05, 3.63) is 15.6 Å². The zero-order valence-corrected chi connectivity index (χ0v) is 21.5. The molecular formula is C19H35IN6O2S. The van der Waals surface area contributed by atoms with E-state index >= 15 is 0 Å². The number of guanidine groups is 1. The number of rotatable bonds is 7. The number of halogens is 1. The molecule has 2 atom stereocenters. The third-order valence-corrected chi connectivity index (χ3v) is 6.10. The minimum atomic E-state index is -0.305. The number of carbonyl (C=O) groups is 1. The number of nitrogens with zero attached hydrogens (tertiary/aromatic N) is 4. The SMILES string of the molecule is CCNC(=NCC1CN(C)CCN1C)NC(C)c1nc(C)c(C(=O)OCC)s1.I. The van der Waals surface area contributed by atoms with Crippen LogP contribution in [0.5, 0.6) is 0 Å². The van der Waals surface area contributed by atoms with Gasteiger partial charge in [0.15, 0.2) is 5.96 Å². The van der Waals surface area contributed by atoms with Crippen LogP contribution in [0.4, 0.5) is 0 Å². The number of esters is 1. The minimum absolute atomic E-state index is 0. The monoisotopic (exact) mass is 538 g/mol. The highest BCUT2D eigenvalue weighted by Gasteiger charge is 2.23. The van der Waals surface area contributed by atoms with E-state index in [-0.39, 0.29) is 36.0 Å². The first-order valence-corrected chi connectivity index (χ1v) is 10.7. The quantitative estimate of drug-likeness (QED) is 0.238. The van der Waals surface area contributed by atoms with Crippen molar-refractivity contribution in [3.63, 3.8) is 0 Å². The summed E-state index contributed by atoms with van der Waals surface area (Å²) in [5, 5.41) is 7.57. The molecule has 166 valence electrons. The maximum absolute atomic E-state index is 12.0. The first-order chi connectivity index (χ1) is 13.3. The lowest BCUT2D eigenvalue weighted by Gasteiger charge is -2.37. The van der Waals surface area contributed by atoms with Crippen LogP contribution in [-0.2, 0) is 4.74 Å². The van der Waals surface area contributed by atoms with Crippen molar-refractivity contribution in [3.8, 4) is 0 Å². The number of likely N-dealkylation sites (N-methyl/N-ethyl adjacent to an activating group) is 2. The summed E-state index contributed by atoms with van der Waals surface area (Å²) in [5.41, 5.74) is 0.709. The Hall–Kier alpha value is -0.980. The van der Waals surface area contributed by atoms with Crippen LogP contribution in [0.3, 0.4) is 0 Å². The summed E-state index contributed by atoms with van der Waals surface area (Å²) in [6.07, 6.45) is 0. The highest BCUT2D eigenvalue weighted by molar-refractivity contribution is 14.0. The van der Waals surface area contributed by atoms with Crippen LogP contribution in [-0.4, -0.2) is 86.2 Å². The van der Waals surface area contributed by atoms with Gasteiger partial charge >= 0.3 is 5.97 Å². The summed E-state index contributed by atoms with van der Waals surface area (Å²) >= 11 is 1.38. The molecule has 2 N–H and O–H groups in total. The van der Waals surface area contributed by atoms with Crippen LogP contribution >= 0.6 is 35.3 Å². The molecule has 0 saturated carbocycles. The van der Waals surface area contributed by atoms with Crippen molar-refractivity contribution < 1.29 is 9.53 Å². The number of hydrogen-bond donors (Lipinski definition) is 2. The first kappa shape index (κ1) is 26.1. The van der Waals surface area contributed by atoms with Crippen LogP contribution in [0.15, 0.2) is 4.99 Å². The second kappa shape index (κ2) is 12.7. The van der Waals surface area contributed by atoms with E-state index in [0.717, 1.165) is 43.7 Å². The van der Waals surface area contributed by atoms with Gasteiger partial charge in [-0.2, -0.15) is 0 Å². The van der Waals surface area contributed by atoms with Gasteiger partial charge in [-0.15, -0.1) is 35.3 Å². The lowest BCUT2D eigenvalue weighted by molar-refractivity contribution is 0.0531. The molecule has 0 bridgehead atoms. The van der Waals surface area contributed by atoms with Gasteiger partial charge in [0.05, 0.1) is 24.9 Å². The smallest absolute Gasteiger partial charge is 0.350 e. The molecule has 0 radical (unpaired) electrons. The minimum Gasteiger partial charge on any atom is -0.462 e.